The SMILES string of the molecule is CC1C=Cc2c(n(-c3cccc(-c4nc(-c5ccc(-c6cccc(-c7cccc(-c8ccccc8)c7)c6)cc5)nc(-c5cccc(-c6cccc(-c7ccccc7)c6)c5)n4)c3)c3ccccc23)C1. The Kier molecular flexibility index (Phi) is 10.5. The molecule has 0 saturated carbocycles. The Morgan fingerprint density at radius 1 is 0.353 bits per heavy atom. The number of hydrogen-bond donors (Lipinski definition) is 0. The van der Waals surface area contributed by atoms with Crippen LogP contribution in [-0.4, -0.2) is 19.5 Å². The molecule has 1 atom stereocenters. The van der Waals surface area contributed by atoms with E-state index in [9.17, 15) is 0 Å². The first-order valence-electron chi connectivity index (χ1n) is 23.4. The van der Waals surface area contributed by atoms with E-state index < -0.39 is 0 Å². The molecule has 322 valence electrons. The Balaban J connectivity index is 0.940. The molecule has 0 bridgehead atoms. The summed E-state index contributed by atoms with van der Waals surface area (Å²) in [6.45, 7) is 2.29. The molecule has 9 aromatic carbocycles. The van der Waals surface area contributed by atoms with Gasteiger partial charge in [-0.25, -0.2) is 15.0 Å². The van der Waals surface area contributed by atoms with Gasteiger partial charge in [-0.3, -0.25) is 0 Å². The second kappa shape index (κ2) is 17.6. The minimum absolute atomic E-state index is 0.450. The van der Waals surface area contributed by atoms with Gasteiger partial charge in [0.1, 0.15) is 0 Å². The van der Waals surface area contributed by atoms with Gasteiger partial charge in [-0.15, -0.1) is 0 Å². The summed E-state index contributed by atoms with van der Waals surface area (Å²) >= 11 is 0. The summed E-state index contributed by atoms with van der Waals surface area (Å²) in [5.41, 5.74) is 19.3. The van der Waals surface area contributed by atoms with E-state index in [0.29, 0.717) is 23.4 Å². The van der Waals surface area contributed by atoms with E-state index in [1.807, 2.05) is 0 Å². The van der Waals surface area contributed by atoms with Gasteiger partial charge in [-0.2, -0.15) is 0 Å². The molecule has 0 spiro atoms. The van der Waals surface area contributed by atoms with E-state index in [1.165, 1.54) is 55.5 Å². The van der Waals surface area contributed by atoms with Crippen LogP contribution >= 0.6 is 0 Å². The van der Waals surface area contributed by atoms with Crippen LogP contribution < -0.4 is 0 Å². The molecule has 0 radical (unpaired) electrons. The number of fused-ring (bicyclic) bond motifs is 3. The van der Waals surface area contributed by atoms with E-state index >= 15 is 0 Å². The normalized spacial score (nSPS) is 13.1. The molecule has 4 nitrogen and oxygen atoms in total. The number of hydrogen-bond acceptors (Lipinski definition) is 3. The average molecular weight is 871 g/mol. The summed E-state index contributed by atoms with van der Waals surface area (Å²) in [5, 5.41) is 1.27. The molecule has 0 aliphatic heterocycles. The summed E-state index contributed by atoms with van der Waals surface area (Å²) < 4.78 is 2.43. The summed E-state index contributed by atoms with van der Waals surface area (Å²) in [7, 11) is 0. The molecule has 4 heteroatoms. The van der Waals surface area contributed by atoms with E-state index in [-0.39, 0.29) is 0 Å². The predicted octanol–water partition coefficient (Wildman–Crippen LogP) is 16.4. The van der Waals surface area contributed by atoms with Crippen LogP contribution in [0, 0.1) is 5.92 Å². The van der Waals surface area contributed by atoms with Crippen molar-refractivity contribution in [2.75, 3.05) is 0 Å². The monoisotopic (exact) mass is 870 g/mol. The van der Waals surface area contributed by atoms with Crippen LogP contribution in [0.2, 0.25) is 0 Å². The summed E-state index contributed by atoms with van der Waals surface area (Å²) in [6.07, 6.45) is 5.60. The standard InChI is InChI=1S/C64H46N4/c1-43-31-36-59-58-29-8-9-30-60(58)68(61(59)37-43)57-28-14-27-56(42-57)64-66-62(65-63(67-64)55-26-13-25-54(41-55)53-24-11-20-49(39-53)45-17-6-3-7-18-45)47-34-32-46(33-35-47)50-21-12-23-52(40-50)51-22-10-19-48(38-51)44-15-4-2-5-16-44/h2-36,38-43H,37H2,1H3. The fourth-order valence-electron chi connectivity index (χ4n) is 9.73. The maximum atomic E-state index is 5.27. The van der Waals surface area contributed by atoms with Gasteiger partial charge in [-0.05, 0) is 110 Å². The Bertz CT molecular complexity index is 3660. The Hall–Kier alpha value is -8.73. The number of nitrogens with zero attached hydrogens (tertiary/aromatic N) is 4. The first kappa shape index (κ1) is 40.8. The third kappa shape index (κ3) is 7.92. The maximum absolute atomic E-state index is 5.27. The van der Waals surface area contributed by atoms with Crippen molar-refractivity contribution in [3.63, 3.8) is 0 Å². The number of allylic oxidation sites excluding steroid dienone is 1. The van der Waals surface area contributed by atoms with Crippen LogP contribution in [0.5, 0.6) is 0 Å². The first-order chi connectivity index (χ1) is 33.6. The zero-order chi connectivity index (χ0) is 45.4. The fraction of sp³-hybridized carbons (Fsp3) is 0.0469. The summed E-state index contributed by atoms with van der Waals surface area (Å²) in [5.74, 6) is 2.31. The summed E-state index contributed by atoms with van der Waals surface area (Å²) in [6, 6.07) is 81.9. The van der Waals surface area contributed by atoms with Gasteiger partial charge >= 0.3 is 0 Å². The second-order valence-corrected chi connectivity index (χ2v) is 17.7. The molecule has 1 aliphatic rings. The molecule has 11 aromatic rings. The highest BCUT2D eigenvalue weighted by Gasteiger charge is 2.22. The molecule has 1 aliphatic carbocycles. The van der Waals surface area contributed by atoms with Gasteiger partial charge in [0.15, 0.2) is 17.5 Å². The lowest BCUT2D eigenvalue weighted by Crippen LogP contribution is -2.08. The van der Waals surface area contributed by atoms with Gasteiger partial charge < -0.3 is 4.57 Å². The fourth-order valence-corrected chi connectivity index (χ4v) is 9.73. The highest BCUT2D eigenvalue weighted by atomic mass is 15.0. The Labute approximate surface area is 397 Å². The molecule has 12 rings (SSSR count). The average Bonchev–Trinajstić information content (AvgIpc) is 3.75. The van der Waals surface area contributed by atoms with Crippen molar-refractivity contribution in [1.82, 2.24) is 19.5 Å². The number of aromatic nitrogens is 4. The Morgan fingerprint density at radius 2 is 0.735 bits per heavy atom. The third-order valence-electron chi connectivity index (χ3n) is 13.2. The minimum atomic E-state index is 0.450. The molecule has 68 heavy (non-hydrogen) atoms. The smallest absolute Gasteiger partial charge is 0.164 e. The zero-order valence-electron chi connectivity index (χ0n) is 37.7. The predicted molar refractivity (Wildman–Crippen MR) is 282 cm³/mol. The van der Waals surface area contributed by atoms with E-state index in [2.05, 4.69) is 254 Å². The van der Waals surface area contributed by atoms with Crippen LogP contribution in [-0.2, 0) is 6.42 Å². The maximum Gasteiger partial charge on any atom is 0.164 e. The lowest BCUT2D eigenvalue weighted by molar-refractivity contribution is 0.690. The molecule has 2 heterocycles. The van der Waals surface area contributed by atoms with Gasteiger partial charge in [0, 0.05) is 39.0 Å². The molecule has 2 aromatic heterocycles. The van der Waals surface area contributed by atoms with Gasteiger partial charge in [0.05, 0.1) is 5.52 Å². The van der Waals surface area contributed by atoms with Gasteiger partial charge in [-0.1, -0.05) is 207 Å². The van der Waals surface area contributed by atoms with Crippen molar-refractivity contribution < 1.29 is 0 Å². The molecule has 0 N–H and O–H groups in total. The van der Waals surface area contributed by atoms with Crippen LogP contribution in [0.1, 0.15) is 18.2 Å². The zero-order valence-corrected chi connectivity index (χ0v) is 37.7. The second-order valence-electron chi connectivity index (χ2n) is 17.7. The van der Waals surface area contributed by atoms with Crippen LogP contribution in [0.25, 0.3) is 112 Å². The van der Waals surface area contributed by atoms with Crippen molar-refractivity contribution in [2.45, 2.75) is 13.3 Å². The summed E-state index contributed by atoms with van der Waals surface area (Å²) in [4.78, 5) is 15.8. The van der Waals surface area contributed by atoms with Crippen molar-refractivity contribution in [1.29, 1.82) is 0 Å². The van der Waals surface area contributed by atoms with Crippen molar-refractivity contribution in [3.8, 4) is 95.5 Å². The number of benzene rings is 9. The van der Waals surface area contributed by atoms with Crippen LogP contribution in [0.3, 0.4) is 0 Å². The number of para-hydroxylation sites is 1. The molecule has 0 saturated heterocycles. The molecular weight excluding hydrogens is 825 g/mol. The van der Waals surface area contributed by atoms with Gasteiger partial charge in [0.2, 0.25) is 0 Å². The molecular formula is C64H46N4. The molecule has 0 fully saturated rings. The van der Waals surface area contributed by atoms with E-state index in [0.717, 1.165) is 51.1 Å². The topological polar surface area (TPSA) is 43.6 Å². The lowest BCUT2D eigenvalue weighted by atomic mass is 9.95. The van der Waals surface area contributed by atoms with Gasteiger partial charge in [0.25, 0.3) is 0 Å². The highest BCUT2D eigenvalue weighted by Crippen LogP contribution is 2.37. The largest absolute Gasteiger partial charge is 0.313 e. The minimum Gasteiger partial charge on any atom is -0.313 e. The van der Waals surface area contributed by atoms with Crippen molar-refractivity contribution in [2.24, 2.45) is 5.92 Å². The van der Waals surface area contributed by atoms with Crippen molar-refractivity contribution >= 4 is 17.0 Å². The van der Waals surface area contributed by atoms with Crippen LogP contribution in [0.4, 0.5) is 0 Å². The quantitative estimate of drug-likeness (QED) is 0.145. The van der Waals surface area contributed by atoms with Crippen LogP contribution in [0.15, 0.2) is 237 Å². The van der Waals surface area contributed by atoms with Crippen molar-refractivity contribution in [3.05, 3.63) is 248 Å². The first-order valence-corrected chi connectivity index (χ1v) is 23.4. The molecule has 1 unspecified atom stereocenters. The highest BCUT2D eigenvalue weighted by molar-refractivity contribution is 5.93. The molecule has 0 amide bonds. The Morgan fingerprint density at radius 3 is 1.28 bits per heavy atom. The third-order valence-corrected chi connectivity index (χ3v) is 13.2. The van der Waals surface area contributed by atoms with E-state index in [1.54, 1.807) is 0 Å². The lowest BCUT2D eigenvalue weighted by Gasteiger charge is -2.17. The number of rotatable bonds is 9. The van der Waals surface area contributed by atoms with E-state index in [4.69, 9.17) is 15.0 Å².